The van der Waals surface area contributed by atoms with Crippen LogP contribution in [0.3, 0.4) is 0 Å². The molecule has 2 aromatic carbocycles. The van der Waals surface area contributed by atoms with Gasteiger partial charge in [-0.3, -0.25) is 0 Å². The van der Waals surface area contributed by atoms with Crippen molar-refractivity contribution in [1.82, 2.24) is 0 Å². The molecule has 1 fully saturated rings. The Kier molecular flexibility index (Phi) is 5.05. The summed E-state index contributed by atoms with van der Waals surface area (Å²) in [5, 5.41) is 0. The third-order valence-electron chi connectivity index (χ3n) is 3.62. The van der Waals surface area contributed by atoms with Gasteiger partial charge in [0, 0.05) is 6.04 Å². The average molecular weight is 290 g/mol. The highest BCUT2D eigenvalue weighted by Crippen LogP contribution is 2.39. The number of halogens is 1. The van der Waals surface area contributed by atoms with Crippen molar-refractivity contribution in [2.45, 2.75) is 25.5 Å². The quantitative estimate of drug-likeness (QED) is 0.899. The van der Waals surface area contributed by atoms with Crippen molar-refractivity contribution >= 4 is 12.4 Å². The van der Waals surface area contributed by atoms with Gasteiger partial charge in [-0.2, -0.15) is 0 Å². The fourth-order valence-electron chi connectivity index (χ4n) is 2.28. The van der Waals surface area contributed by atoms with Crippen LogP contribution in [-0.4, -0.2) is 0 Å². The van der Waals surface area contributed by atoms with Gasteiger partial charge in [0.05, 0.1) is 0 Å². The van der Waals surface area contributed by atoms with Gasteiger partial charge in [-0.25, -0.2) is 0 Å². The van der Waals surface area contributed by atoms with Gasteiger partial charge in [0.2, 0.25) is 0 Å². The second kappa shape index (κ2) is 6.78. The topological polar surface area (TPSA) is 35.2 Å². The van der Waals surface area contributed by atoms with E-state index in [1.54, 1.807) is 0 Å². The van der Waals surface area contributed by atoms with Crippen LogP contribution in [0, 0.1) is 5.92 Å². The zero-order valence-electron chi connectivity index (χ0n) is 11.4. The molecule has 0 amide bonds. The molecule has 2 N–H and O–H groups in total. The van der Waals surface area contributed by atoms with Crippen LogP contribution >= 0.6 is 12.4 Å². The van der Waals surface area contributed by atoms with Crippen LogP contribution < -0.4 is 10.5 Å². The first-order valence-corrected chi connectivity index (χ1v) is 6.85. The normalized spacial score (nSPS) is 15.2. The van der Waals surface area contributed by atoms with E-state index in [1.807, 2.05) is 30.3 Å². The van der Waals surface area contributed by atoms with E-state index >= 15 is 0 Å². The van der Waals surface area contributed by atoms with E-state index in [2.05, 4.69) is 24.3 Å². The lowest BCUT2D eigenvalue weighted by Gasteiger charge is -2.13. The number of ether oxygens (including phenoxy) is 1. The summed E-state index contributed by atoms with van der Waals surface area (Å²) < 4.78 is 5.83. The number of rotatable bonds is 5. The third kappa shape index (κ3) is 3.75. The van der Waals surface area contributed by atoms with Crippen molar-refractivity contribution in [3.05, 3.63) is 65.7 Å². The highest BCUT2D eigenvalue weighted by Gasteiger charge is 2.29. The number of hydrogen-bond acceptors (Lipinski definition) is 2. The molecule has 1 aliphatic carbocycles. The van der Waals surface area contributed by atoms with E-state index in [9.17, 15) is 0 Å². The number of nitrogens with two attached hydrogens (primary N) is 1. The van der Waals surface area contributed by atoms with Gasteiger partial charge in [-0.1, -0.05) is 42.5 Å². The second-order valence-electron chi connectivity index (χ2n) is 5.21. The van der Waals surface area contributed by atoms with E-state index in [1.165, 1.54) is 24.0 Å². The fourth-order valence-corrected chi connectivity index (χ4v) is 2.28. The number of benzene rings is 2. The molecule has 0 spiro atoms. The summed E-state index contributed by atoms with van der Waals surface area (Å²) in [6, 6.07) is 18.6. The van der Waals surface area contributed by atoms with E-state index in [0.717, 1.165) is 5.75 Å². The van der Waals surface area contributed by atoms with E-state index < -0.39 is 0 Å². The predicted octanol–water partition coefficient (Wildman–Crippen LogP) is 4.10. The van der Waals surface area contributed by atoms with Crippen LogP contribution in [0.2, 0.25) is 0 Å². The lowest BCUT2D eigenvalue weighted by atomic mass is 10.0. The third-order valence-corrected chi connectivity index (χ3v) is 3.62. The molecule has 1 atom stereocenters. The molecule has 3 rings (SSSR count). The first-order valence-electron chi connectivity index (χ1n) is 6.85. The molecule has 1 aliphatic rings. The average Bonchev–Trinajstić information content (AvgIpc) is 3.30. The van der Waals surface area contributed by atoms with Crippen LogP contribution in [0.1, 0.15) is 30.0 Å². The molecular weight excluding hydrogens is 270 g/mol. The van der Waals surface area contributed by atoms with Crippen LogP contribution in [0.4, 0.5) is 0 Å². The Bertz CT molecular complexity index is 540. The fraction of sp³-hybridized carbons (Fsp3) is 0.294. The minimum atomic E-state index is 0. The Morgan fingerprint density at radius 3 is 2.50 bits per heavy atom. The lowest BCUT2D eigenvalue weighted by Crippen LogP contribution is -2.12. The van der Waals surface area contributed by atoms with Crippen molar-refractivity contribution in [2.75, 3.05) is 0 Å². The molecule has 2 aromatic rings. The van der Waals surface area contributed by atoms with Gasteiger partial charge in [0.15, 0.2) is 0 Å². The molecule has 20 heavy (non-hydrogen) atoms. The maximum atomic E-state index is 6.22. The minimum Gasteiger partial charge on any atom is -0.489 e. The predicted molar refractivity (Wildman–Crippen MR) is 84.1 cm³/mol. The van der Waals surface area contributed by atoms with Crippen LogP contribution in [0.25, 0.3) is 0 Å². The van der Waals surface area contributed by atoms with Gasteiger partial charge >= 0.3 is 0 Å². The highest BCUT2D eigenvalue weighted by molar-refractivity contribution is 5.85. The lowest BCUT2D eigenvalue weighted by molar-refractivity contribution is 0.305. The maximum absolute atomic E-state index is 6.22. The van der Waals surface area contributed by atoms with Crippen molar-refractivity contribution < 1.29 is 4.74 Å². The zero-order chi connectivity index (χ0) is 13.1. The largest absolute Gasteiger partial charge is 0.489 e. The molecule has 0 radical (unpaired) electrons. The molecule has 1 saturated carbocycles. The summed E-state index contributed by atoms with van der Waals surface area (Å²) in [6.07, 6.45) is 2.52. The summed E-state index contributed by atoms with van der Waals surface area (Å²) >= 11 is 0. The summed E-state index contributed by atoms with van der Waals surface area (Å²) in [5.74, 6) is 1.57. The SMILES string of the molecule is Cl.N[C@@H](c1cccc(OCc2ccccc2)c1)C1CC1. The first-order chi connectivity index (χ1) is 9.33. The summed E-state index contributed by atoms with van der Waals surface area (Å²) in [5.41, 5.74) is 8.59. The molecular formula is C17H20ClNO. The van der Waals surface area contributed by atoms with Crippen LogP contribution in [0.15, 0.2) is 54.6 Å². The van der Waals surface area contributed by atoms with Gasteiger partial charge in [-0.05, 0) is 42.0 Å². The summed E-state index contributed by atoms with van der Waals surface area (Å²) in [7, 11) is 0. The van der Waals surface area contributed by atoms with E-state index in [4.69, 9.17) is 10.5 Å². The Balaban J connectivity index is 0.00000147. The second-order valence-corrected chi connectivity index (χ2v) is 5.21. The smallest absolute Gasteiger partial charge is 0.120 e. The molecule has 2 nitrogen and oxygen atoms in total. The van der Waals surface area contributed by atoms with E-state index in [0.29, 0.717) is 12.5 Å². The van der Waals surface area contributed by atoms with Crippen molar-refractivity contribution in [2.24, 2.45) is 11.7 Å². The Morgan fingerprint density at radius 2 is 1.80 bits per heavy atom. The Morgan fingerprint density at radius 1 is 1.05 bits per heavy atom. The minimum absolute atomic E-state index is 0. The van der Waals surface area contributed by atoms with Crippen LogP contribution in [-0.2, 0) is 6.61 Å². The number of hydrogen-bond donors (Lipinski definition) is 1. The standard InChI is InChI=1S/C17H19NO.ClH/c18-17(14-9-10-14)15-7-4-8-16(11-15)19-12-13-5-2-1-3-6-13;/h1-8,11,14,17H,9-10,12,18H2;1H/t17-;/m1./s1. The van der Waals surface area contributed by atoms with Crippen LogP contribution in [0.5, 0.6) is 5.75 Å². The highest BCUT2D eigenvalue weighted by atomic mass is 35.5. The van der Waals surface area contributed by atoms with Crippen molar-refractivity contribution in [1.29, 1.82) is 0 Å². The summed E-state index contributed by atoms with van der Waals surface area (Å²) in [4.78, 5) is 0. The van der Waals surface area contributed by atoms with E-state index in [-0.39, 0.29) is 18.4 Å². The van der Waals surface area contributed by atoms with Gasteiger partial charge < -0.3 is 10.5 Å². The molecule has 0 unspecified atom stereocenters. The monoisotopic (exact) mass is 289 g/mol. The maximum Gasteiger partial charge on any atom is 0.120 e. The molecule has 0 aliphatic heterocycles. The van der Waals surface area contributed by atoms with Gasteiger partial charge in [0.25, 0.3) is 0 Å². The molecule has 0 saturated heterocycles. The van der Waals surface area contributed by atoms with Crippen molar-refractivity contribution in [3.63, 3.8) is 0 Å². The van der Waals surface area contributed by atoms with Crippen molar-refractivity contribution in [3.8, 4) is 5.75 Å². The Hall–Kier alpha value is -1.51. The van der Waals surface area contributed by atoms with Gasteiger partial charge in [-0.15, -0.1) is 12.4 Å². The molecule has 0 bridgehead atoms. The Labute approximate surface area is 126 Å². The molecule has 3 heteroatoms. The molecule has 106 valence electrons. The first kappa shape index (κ1) is 14.9. The molecule has 0 aromatic heterocycles. The van der Waals surface area contributed by atoms with Gasteiger partial charge in [0.1, 0.15) is 12.4 Å². The summed E-state index contributed by atoms with van der Waals surface area (Å²) in [6.45, 7) is 0.600. The molecule has 0 heterocycles. The zero-order valence-corrected chi connectivity index (χ0v) is 12.2.